The highest BCUT2D eigenvalue weighted by atomic mass is 31.2. The number of rotatable bonds is 8. The van der Waals surface area contributed by atoms with E-state index < -0.39 is 7.60 Å². The van der Waals surface area contributed by atoms with E-state index in [0.29, 0.717) is 17.8 Å². The summed E-state index contributed by atoms with van der Waals surface area (Å²) >= 11 is 0. The standard InChI is InChI=1S/C14H24NO3P/c1-4-5-10-18-19(16,17)14-8-6-13(7-9-14)15-11-12(2)3/h6-9,12,15H,4-5,10-11H2,1-3H3,(H,16,17). The van der Waals surface area contributed by atoms with Gasteiger partial charge in [0.2, 0.25) is 0 Å². The first-order valence-corrected chi connectivity index (χ1v) is 8.35. The molecule has 4 nitrogen and oxygen atoms in total. The van der Waals surface area contributed by atoms with Gasteiger partial charge in [0.1, 0.15) is 0 Å². The van der Waals surface area contributed by atoms with Gasteiger partial charge in [0.05, 0.1) is 11.9 Å². The lowest BCUT2D eigenvalue weighted by Crippen LogP contribution is -2.10. The number of hydrogen-bond donors (Lipinski definition) is 2. The molecule has 108 valence electrons. The highest BCUT2D eigenvalue weighted by Gasteiger charge is 2.21. The minimum absolute atomic E-state index is 0.317. The lowest BCUT2D eigenvalue weighted by molar-refractivity contribution is 0.264. The van der Waals surface area contributed by atoms with Crippen LogP contribution >= 0.6 is 7.60 Å². The van der Waals surface area contributed by atoms with Crippen LogP contribution in [0.3, 0.4) is 0 Å². The summed E-state index contributed by atoms with van der Waals surface area (Å²) in [6.07, 6.45) is 1.73. The van der Waals surface area contributed by atoms with E-state index in [9.17, 15) is 9.46 Å². The molecule has 1 aromatic rings. The predicted octanol–water partition coefficient (Wildman–Crippen LogP) is 3.38. The molecule has 0 aromatic heterocycles. The Morgan fingerprint density at radius 3 is 2.47 bits per heavy atom. The maximum Gasteiger partial charge on any atom is 0.358 e. The van der Waals surface area contributed by atoms with Crippen LogP contribution in [0.2, 0.25) is 0 Å². The highest BCUT2D eigenvalue weighted by Crippen LogP contribution is 2.40. The van der Waals surface area contributed by atoms with Gasteiger partial charge >= 0.3 is 7.60 Å². The monoisotopic (exact) mass is 285 g/mol. The minimum atomic E-state index is -3.66. The molecule has 0 saturated heterocycles. The molecular formula is C14H24NO3P. The van der Waals surface area contributed by atoms with Gasteiger partial charge in [-0.1, -0.05) is 27.2 Å². The third kappa shape index (κ3) is 5.77. The molecule has 1 unspecified atom stereocenters. The van der Waals surface area contributed by atoms with Crippen LogP contribution < -0.4 is 10.6 Å². The topological polar surface area (TPSA) is 58.6 Å². The van der Waals surface area contributed by atoms with E-state index in [1.54, 1.807) is 12.1 Å². The summed E-state index contributed by atoms with van der Waals surface area (Å²) in [5.41, 5.74) is 0.950. The second-order valence-corrected chi connectivity index (χ2v) is 6.84. The number of hydrogen-bond acceptors (Lipinski definition) is 3. The molecule has 0 bridgehead atoms. The van der Waals surface area contributed by atoms with Gasteiger partial charge in [0, 0.05) is 12.2 Å². The van der Waals surface area contributed by atoms with E-state index in [-0.39, 0.29) is 0 Å². The van der Waals surface area contributed by atoms with Crippen molar-refractivity contribution >= 4 is 18.6 Å². The normalized spacial score (nSPS) is 14.4. The fourth-order valence-electron chi connectivity index (χ4n) is 1.50. The van der Waals surface area contributed by atoms with Gasteiger partial charge in [-0.25, -0.2) is 0 Å². The minimum Gasteiger partial charge on any atom is -0.385 e. The van der Waals surface area contributed by atoms with Gasteiger partial charge in [-0.2, -0.15) is 0 Å². The van der Waals surface area contributed by atoms with Crippen LogP contribution in [0.15, 0.2) is 24.3 Å². The smallest absolute Gasteiger partial charge is 0.358 e. The molecule has 0 radical (unpaired) electrons. The van der Waals surface area contributed by atoms with Crippen molar-refractivity contribution in [2.45, 2.75) is 33.6 Å². The van der Waals surface area contributed by atoms with Crippen LogP contribution in [0.5, 0.6) is 0 Å². The maximum atomic E-state index is 12.0. The van der Waals surface area contributed by atoms with Gasteiger partial charge in [0.25, 0.3) is 0 Å². The van der Waals surface area contributed by atoms with E-state index in [2.05, 4.69) is 19.2 Å². The van der Waals surface area contributed by atoms with E-state index in [1.165, 1.54) is 0 Å². The van der Waals surface area contributed by atoms with Crippen molar-refractivity contribution in [3.63, 3.8) is 0 Å². The van der Waals surface area contributed by atoms with Crippen LogP contribution in [0.25, 0.3) is 0 Å². The molecule has 0 aliphatic carbocycles. The average molecular weight is 285 g/mol. The fraction of sp³-hybridized carbons (Fsp3) is 0.571. The van der Waals surface area contributed by atoms with Gasteiger partial charge < -0.3 is 14.7 Å². The van der Waals surface area contributed by atoms with Crippen LogP contribution in [-0.2, 0) is 9.09 Å². The Hall–Kier alpha value is -0.830. The fourth-order valence-corrected chi connectivity index (χ4v) is 2.55. The summed E-state index contributed by atoms with van der Waals surface area (Å²) < 4.78 is 17.1. The predicted molar refractivity (Wildman–Crippen MR) is 80.1 cm³/mol. The third-order valence-electron chi connectivity index (χ3n) is 2.67. The number of anilines is 1. The molecule has 0 fully saturated rings. The SMILES string of the molecule is CCCCOP(=O)(O)c1ccc(NCC(C)C)cc1. The summed E-state index contributed by atoms with van der Waals surface area (Å²) in [5.74, 6) is 0.556. The zero-order valence-electron chi connectivity index (χ0n) is 11.9. The van der Waals surface area contributed by atoms with Crippen molar-refractivity contribution in [3.8, 4) is 0 Å². The second kappa shape index (κ2) is 7.68. The molecule has 0 aliphatic heterocycles. The lowest BCUT2D eigenvalue weighted by Gasteiger charge is -2.13. The molecule has 1 rings (SSSR count). The van der Waals surface area contributed by atoms with Gasteiger partial charge in [-0.15, -0.1) is 0 Å². The highest BCUT2D eigenvalue weighted by molar-refractivity contribution is 7.61. The number of nitrogens with one attached hydrogen (secondary N) is 1. The Morgan fingerprint density at radius 2 is 1.95 bits per heavy atom. The molecule has 19 heavy (non-hydrogen) atoms. The van der Waals surface area contributed by atoms with Crippen LogP contribution in [0.4, 0.5) is 5.69 Å². The summed E-state index contributed by atoms with van der Waals surface area (Å²) in [6, 6.07) is 6.91. The summed E-state index contributed by atoms with van der Waals surface area (Å²) in [6.45, 7) is 7.47. The van der Waals surface area contributed by atoms with E-state index in [0.717, 1.165) is 25.1 Å². The molecule has 0 heterocycles. The first-order chi connectivity index (χ1) is 8.95. The van der Waals surface area contributed by atoms with E-state index >= 15 is 0 Å². The van der Waals surface area contributed by atoms with Gasteiger partial charge in [-0.05, 0) is 36.6 Å². The number of unbranched alkanes of at least 4 members (excludes halogenated alkanes) is 1. The molecule has 5 heteroatoms. The zero-order valence-corrected chi connectivity index (χ0v) is 12.8. The lowest BCUT2D eigenvalue weighted by atomic mass is 10.2. The first kappa shape index (κ1) is 16.2. The van der Waals surface area contributed by atoms with E-state index in [4.69, 9.17) is 4.52 Å². The Kier molecular flexibility index (Phi) is 6.56. The molecule has 0 aliphatic rings. The molecule has 2 N–H and O–H groups in total. The third-order valence-corrected chi connectivity index (χ3v) is 4.16. The van der Waals surface area contributed by atoms with Gasteiger partial charge in [0.15, 0.2) is 0 Å². The van der Waals surface area contributed by atoms with Gasteiger partial charge in [-0.3, -0.25) is 4.57 Å². The quantitative estimate of drug-likeness (QED) is 0.568. The second-order valence-electron chi connectivity index (χ2n) is 5.03. The molecule has 0 saturated carbocycles. The van der Waals surface area contributed by atoms with E-state index in [1.807, 2.05) is 19.1 Å². The molecule has 0 amide bonds. The van der Waals surface area contributed by atoms with Crippen molar-refractivity contribution in [1.82, 2.24) is 0 Å². The zero-order chi connectivity index (χ0) is 14.3. The van der Waals surface area contributed by atoms with Crippen LogP contribution in [-0.4, -0.2) is 18.0 Å². The molecular weight excluding hydrogens is 261 g/mol. The summed E-state index contributed by atoms with van der Waals surface area (Å²) in [7, 11) is -3.66. The van der Waals surface area contributed by atoms with Crippen LogP contribution in [0.1, 0.15) is 33.6 Å². The van der Waals surface area contributed by atoms with Crippen molar-refractivity contribution < 1.29 is 14.0 Å². The summed E-state index contributed by atoms with van der Waals surface area (Å²) in [5, 5.41) is 3.61. The first-order valence-electron chi connectivity index (χ1n) is 6.77. The van der Waals surface area contributed by atoms with Crippen molar-refractivity contribution in [2.75, 3.05) is 18.5 Å². The summed E-state index contributed by atoms with van der Waals surface area (Å²) in [4.78, 5) is 9.83. The van der Waals surface area contributed by atoms with Crippen molar-refractivity contribution in [2.24, 2.45) is 5.92 Å². The molecule has 1 atom stereocenters. The maximum absolute atomic E-state index is 12.0. The van der Waals surface area contributed by atoms with Crippen molar-refractivity contribution in [1.29, 1.82) is 0 Å². The average Bonchev–Trinajstić information content (AvgIpc) is 2.37. The molecule has 0 spiro atoms. The van der Waals surface area contributed by atoms with Crippen LogP contribution in [0, 0.1) is 5.92 Å². The Balaban J connectivity index is 2.61. The Labute approximate surface area is 115 Å². The Morgan fingerprint density at radius 1 is 1.32 bits per heavy atom. The number of benzene rings is 1. The van der Waals surface area contributed by atoms with Crippen molar-refractivity contribution in [3.05, 3.63) is 24.3 Å². The Bertz CT molecular complexity index is 417. The largest absolute Gasteiger partial charge is 0.385 e. The molecule has 1 aromatic carbocycles.